The van der Waals surface area contributed by atoms with Crippen molar-refractivity contribution in [2.45, 2.75) is 52.8 Å². The van der Waals surface area contributed by atoms with Crippen LogP contribution in [0.15, 0.2) is 24.3 Å². The third-order valence-electron chi connectivity index (χ3n) is 4.59. The molecule has 158 valence electrons. The monoisotopic (exact) mass is 411 g/mol. The molecule has 1 saturated heterocycles. The van der Waals surface area contributed by atoms with Crippen LogP contribution in [-0.4, -0.2) is 67.8 Å². The van der Waals surface area contributed by atoms with Gasteiger partial charge in [-0.3, -0.25) is 0 Å². The lowest BCUT2D eigenvalue weighted by Gasteiger charge is -2.38. The molecule has 0 aliphatic carbocycles. The van der Waals surface area contributed by atoms with E-state index < -0.39 is 15.6 Å². The van der Waals surface area contributed by atoms with Crippen molar-refractivity contribution in [3.63, 3.8) is 0 Å². The molecule has 2 rings (SSSR count). The largest absolute Gasteiger partial charge is 0.444 e. The molecule has 0 N–H and O–H groups in total. The Labute approximate surface area is 169 Å². The number of carbonyl (C=O) groups excluding carboxylic acids is 1. The minimum Gasteiger partial charge on any atom is -0.444 e. The van der Waals surface area contributed by atoms with Crippen LogP contribution in [0.1, 0.15) is 40.2 Å². The molecule has 1 aliphatic rings. The fourth-order valence-corrected chi connectivity index (χ4v) is 4.40. The number of sulfonamides is 1. The van der Waals surface area contributed by atoms with Crippen molar-refractivity contribution >= 4 is 21.8 Å². The van der Waals surface area contributed by atoms with Gasteiger partial charge in [0.15, 0.2) is 0 Å². The van der Waals surface area contributed by atoms with Crippen LogP contribution < -0.4 is 4.90 Å². The van der Waals surface area contributed by atoms with E-state index in [2.05, 4.69) is 4.90 Å². The van der Waals surface area contributed by atoms with Crippen molar-refractivity contribution in [1.82, 2.24) is 9.21 Å². The summed E-state index contributed by atoms with van der Waals surface area (Å²) in [4.78, 5) is 16.2. The summed E-state index contributed by atoms with van der Waals surface area (Å²) in [5.74, 6) is 0. The first-order chi connectivity index (χ1) is 12.9. The van der Waals surface area contributed by atoms with Crippen LogP contribution in [0.5, 0.6) is 0 Å². The number of hydrogen-bond acceptors (Lipinski definition) is 5. The fraction of sp³-hybridized carbons (Fsp3) is 0.650. The van der Waals surface area contributed by atoms with E-state index in [4.69, 9.17) is 4.74 Å². The average Bonchev–Trinajstić information content (AvgIpc) is 2.57. The maximum absolute atomic E-state index is 12.3. The maximum atomic E-state index is 12.3. The Balaban J connectivity index is 2.11. The van der Waals surface area contributed by atoms with E-state index in [1.165, 1.54) is 10.6 Å². The quantitative estimate of drug-likeness (QED) is 0.745. The molecule has 0 bridgehead atoms. The van der Waals surface area contributed by atoms with Crippen molar-refractivity contribution in [3.05, 3.63) is 29.8 Å². The lowest BCUT2D eigenvalue weighted by atomic mass is 10.1. The molecule has 0 atom stereocenters. The summed E-state index contributed by atoms with van der Waals surface area (Å²) in [5.41, 5.74) is 1.47. The SMILES string of the molecule is CC(C)N(Cc1ccccc1N1CCN(C(=O)OC(C)(C)C)CC1)S(C)(=O)=O. The van der Waals surface area contributed by atoms with Gasteiger partial charge < -0.3 is 14.5 Å². The molecule has 0 aromatic heterocycles. The predicted molar refractivity (Wildman–Crippen MR) is 112 cm³/mol. The van der Waals surface area contributed by atoms with Gasteiger partial charge >= 0.3 is 6.09 Å². The molecule has 1 aliphatic heterocycles. The second kappa shape index (κ2) is 8.69. The van der Waals surface area contributed by atoms with E-state index in [1.807, 2.05) is 58.9 Å². The highest BCUT2D eigenvalue weighted by atomic mass is 32.2. The Morgan fingerprint density at radius 3 is 2.21 bits per heavy atom. The number of amides is 1. The molecule has 28 heavy (non-hydrogen) atoms. The summed E-state index contributed by atoms with van der Waals surface area (Å²) in [6.45, 7) is 12.2. The first-order valence-corrected chi connectivity index (χ1v) is 11.5. The standard InChI is InChI=1S/C20H33N3O4S/c1-16(2)23(28(6,25)26)15-17-9-7-8-10-18(17)21-11-13-22(14-12-21)19(24)27-20(3,4)5/h7-10,16H,11-15H2,1-6H3. The number of ether oxygens (including phenoxy) is 1. The van der Waals surface area contributed by atoms with Gasteiger partial charge in [0.2, 0.25) is 10.0 Å². The summed E-state index contributed by atoms with van der Waals surface area (Å²) in [7, 11) is -3.30. The first-order valence-electron chi connectivity index (χ1n) is 9.66. The van der Waals surface area contributed by atoms with Crippen molar-refractivity contribution in [1.29, 1.82) is 0 Å². The molecule has 1 aromatic carbocycles. The number of para-hydroxylation sites is 1. The van der Waals surface area contributed by atoms with Crippen molar-refractivity contribution in [3.8, 4) is 0 Å². The molecule has 1 heterocycles. The Bertz CT molecular complexity index is 779. The lowest BCUT2D eigenvalue weighted by molar-refractivity contribution is 0.0240. The van der Waals surface area contributed by atoms with Crippen LogP contribution >= 0.6 is 0 Å². The van der Waals surface area contributed by atoms with E-state index in [0.29, 0.717) is 32.7 Å². The van der Waals surface area contributed by atoms with E-state index in [1.54, 1.807) is 4.90 Å². The molecule has 0 spiro atoms. The van der Waals surface area contributed by atoms with Gasteiger partial charge in [-0.05, 0) is 46.2 Å². The van der Waals surface area contributed by atoms with Crippen LogP contribution in [-0.2, 0) is 21.3 Å². The second-order valence-electron chi connectivity index (χ2n) is 8.49. The van der Waals surface area contributed by atoms with Gasteiger partial charge in [0.1, 0.15) is 5.60 Å². The highest BCUT2D eigenvalue weighted by Crippen LogP contribution is 2.25. The van der Waals surface area contributed by atoms with Crippen molar-refractivity contribution < 1.29 is 17.9 Å². The zero-order valence-corrected chi connectivity index (χ0v) is 18.6. The summed E-state index contributed by atoms with van der Waals surface area (Å²) in [6.07, 6.45) is 0.957. The van der Waals surface area contributed by atoms with E-state index in [-0.39, 0.29) is 12.1 Å². The maximum Gasteiger partial charge on any atom is 0.410 e. The molecule has 1 fully saturated rings. The minimum atomic E-state index is -3.30. The van der Waals surface area contributed by atoms with Crippen molar-refractivity contribution in [2.75, 3.05) is 37.3 Å². The third kappa shape index (κ3) is 6.10. The molecule has 0 radical (unpaired) electrons. The van der Waals surface area contributed by atoms with Gasteiger partial charge in [0, 0.05) is 44.5 Å². The first kappa shape index (κ1) is 22.5. The lowest BCUT2D eigenvalue weighted by Crippen LogP contribution is -2.50. The summed E-state index contributed by atoms with van der Waals surface area (Å²) in [6, 6.07) is 7.75. The topological polar surface area (TPSA) is 70.2 Å². The van der Waals surface area contributed by atoms with E-state index in [9.17, 15) is 13.2 Å². The van der Waals surface area contributed by atoms with E-state index in [0.717, 1.165) is 11.3 Å². The molecule has 0 saturated carbocycles. The molecule has 1 amide bonds. The fourth-order valence-electron chi connectivity index (χ4n) is 3.26. The molecular weight excluding hydrogens is 378 g/mol. The van der Waals surface area contributed by atoms with Crippen LogP contribution in [0.4, 0.5) is 10.5 Å². The van der Waals surface area contributed by atoms with Gasteiger partial charge in [-0.2, -0.15) is 4.31 Å². The predicted octanol–water partition coefficient (Wildman–Crippen LogP) is 2.91. The van der Waals surface area contributed by atoms with Gasteiger partial charge in [-0.1, -0.05) is 18.2 Å². The number of piperazine rings is 1. The third-order valence-corrected chi connectivity index (χ3v) is 5.99. The highest BCUT2D eigenvalue weighted by Gasteiger charge is 2.27. The van der Waals surface area contributed by atoms with Crippen LogP contribution in [0.3, 0.4) is 0 Å². The molecule has 8 heteroatoms. The van der Waals surface area contributed by atoms with Gasteiger partial charge in [-0.15, -0.1) is 0 Å². The van der Waals surface area contributed by atoms with Crippen LogP contribution in [0.25, 0.3) is 0 Å². The van der Waals surface area contributed by atoms with E-state index >= 15 is 0 Å². The van der Waals surface area contributed by atoms with Crippen molar-refractivity contribution in [2.24, 2.45) is 0 Å². The Kier molecular flexibility index (Phi) is 6.98. The number of nitrogens with zero attached hydrogens (tertiary/aromatic N) is 3. The van der Waals surface area contributed by atoms with Gasteiger partial charge in [0.05, 0.1) is 6.26 Å². The summed E-state index contributed by atoms with van der Waals surface area (Å²) in [5, 5.41) is 0. The normalized spacial score (nSPS) is 16.0. The minimum absolute atomic E-state index is 0.118. The average molecular weight is 412 g/mol. The smallest absolute Gasteiger partial charge is 0.410 e. The Hall–Kier alpha value is -1.80. The number of carbonyl (C=O) groups is 1. The molecular formula is C20H33N3O4S. The van der Waals surface area contributed by atoms with Gasteiger partial charge in [0.25, 0.3) is 0 Å². The molecule has 1 aromatic rings. The Morgan fingerprint density at radius 1 is 1.14 bits per heavy atom. The highest BCUT2D eigenvalue weighted by molar-refractivity contribution is 7.88. The molecule has 7 nitrogen and oxygen atoms in total. The van der Waals surface area contributed by atoms with Crippen LogP contribution in [0, 0.1) is 0 Å². The summed E-state index contributed by atoms with van der Waals surface area (Å²) < 4.78 is 31.3. The zero-order valence-electron chi connectivity index (χ0n) is 17.8. The number of benzene rings is 1. The molecule has 0 unspecified atom stereocenters. The second-order valence-corrected chi connectivity index (χ2v) is 10.4. The van der Waals surface area contributed by atoms with Crippen LogP contribution in [0.2, 0.25) is 0 Å². The zero-order chi connectivity index (χ0) is 21.1. The summed E-state index contributed by atoms with van der Waals surface area (Å²) >= 11 is 0. The number of hydrogen-bond donors (Lipinski definition) is 0. The Morgan fingerprint density at radius 2 is 1.71 bits per heavy atom. The number of anilines is 1. The van der Waals surface area contributed by atoms with Gasteiger partial charge in [-0.25, -0.2) is 13.2 Å². The number of rotatable bonds is 5.